The molecule has 2 N–H and O–H groups in total. The van der Waals surface area contributed by atoms with Gasteiger partial charge in [0, 0.05) is 41.9 Å². The van der Waals surface area contributed by atoms with Crippen molar-refractivity contribution in [3.63, 3.8) is 0 Å². The van der Waals surface area contributed by atoms with Crippen LogP contribution in [0.5, 0.6) is 5.75 Å². The molecule has 1 atom stereocenters. The number of para-hydroxylation sites is 2. The van der Waals surface area contributed by atoms with Gasteiger partial charge in [-0.15, -0.1) is 0 Å². The smallest absolute Gasteiger partial charge is 0.326 e. The van der Waals surface area contributed by atoms with Crippen molar-refractivity contribution in [2.75, 3.05) is 23.4 Å². The molecule has 1 aliphatic carbocycles. The molecule has 5 rings (SSSR count). The lowest BCUT2D eigenvalue weighted by Crippen LogP contribution is -2.33. The Morgan fingerprint density at radius 1 is 0.809 bits per heavy atom. The van der Waals surface area contributed by atoms with E-state index in [1.807, 2.05) is 65.6 Å². The Balaban J connectivity index is 1.14. The maximum Gasteiger partial charge on any atom is 0.326 e. The zero-order chi connectivity index (χ0) is 32.8. The minimum Gasteiger partial charge on any atom is -0.494 e. The number of carbonyl (C=O) groups excluding carboxylic acids is 2. The molecule has 1 fully saturated rings. The van der Waals surface area contributed by atoms with Crippen LogP contribution >= 0.6 is 0 Å². The molecule has 1 amide bonds. The van der Waals surface area contributed by atoms with Crippen molar-refractivity contribution in [3.8, 4) is 5.75 Å². The van der Waals surface area contributed by atoms with E-state index in [9.17, 15) is 19.5 Å². The van der Waals surface area contributed by atoms with E-state index >= 15 is 0 Å². The molecule has 244 valence electrons. The molecule has 4 aromatic rings. The van der Waals surface area contributed by atoms with E-state index in [4.69, 9.17) is 4.74 Å². The number of ether oxygens (including phenoxy) is 1. The Morgan fingerprint density at radius 3 is 2.17 bits per heavy atom. The van der Waals surface area contributed by atoms with Gasteiger partial charge < -0.3 is 20.1 Å². The molecule has 7 heteroatoms. The van der Waals surface area contributed by atoms with Crippen molar-refractivity contribution >= 4 is 29.0 Å². The molecule has 0 heterocycles. The largest absolute Gasteiger partial charge is 0.494 e. The number of nitrogens with one attached hydrogen (secondary N) is 1. The molecule has 1 aliphatic rings. The second-order valence-electron chi connectivity index (χ2n) is 12.2. The van der Waals surface area contributed by atoms with Crippen LogP contribution in [0.2, 0.25) is 0 Å². The molecule has 0 radical (unpaired) electrons. The monoisotopic (exact) mass is 632 g/mol. The number of benzene rings is 4. The molecule has 0 spiro atoms. The lowest BCUT2D eigenvalue weighted by molar-refractivity contribution is -0.137. The maximum atomic E-state index is 13.3. The third kappa shape index (κ3) is 9.79. The van der Waals surface area contributed by atoms with Gasteiger partial charge in [-0.05, 0) is 60.7 Å². The standard InChI is InChI=1S/C40H44N2O5/c43-38(26-23-30-13-4-1-5-14-30)42(33-17-8-3-9-18-33)27-12-28-47-34-24-21-31(22-25-34)29-37(40(45)46)41-36-20-11-10-19-35(36)39(44)32-15-6-2-7-16-32/h2-3,6-11,15-22,24-25,30,37,41H,1,4-5,12-14,23,26-29H2,(H,45,46)/t37-/m0/s1. The highest BCUT2D eigenvalue weighted by Gasteiger charge is 2.22. The molecule has 0 saturated heterocycles. The fourth-order valence-corrected chi connectivity index (χ4v) is 6.25. The highest BCUT2D eigenvalue weighted by atomic mass is 16.5. The molecule has 0 aromatic heterocycles. The molecule has 1 saturated carbocycles. The number of anilines is 2. The Kier molecular flexibility index (Phi) is 12.2. The van der Waals surface area contributed by atoms with Crippen LogP contribution in [0.25, 0.3) is 0 Å². The molecular weight excluding hydrogens is 588 g/mol. The minimum absolute atomic E-state index is 0.166. The Hall–Kier alpha value is -4.91. The number of hydrogen-bond acceptors (Lipinski definition) is 5. The number of hydrogen-bond donors (Lipinski definition) is 2. The summed E-state index contributed by atoms with van der Waals surface area (Å²) in [6, 6.07) is 32.2. The van der Waals surface area contributed by atoms with Gasteiger partial charge in [0.05, 0.1) is 6.61 Å². The van der Waals surface area contributed by atoms with E-state index < -0.39 is 12.0 Å². The van der Waals surface area contributed by atoms with Gasteiger partial charge in [0.2, 0.25) is 5.91 Å². The summed E-state index contributed by atoms with van der Waals surface area (Å²) in [7, 11) is 0. The first-order valence-electron chi connectivity index (χ1n) is 16.7. The van der Waals surface area contributed by atoms with Crippen molar-refractivity contribution in [3.05, 3.63) is 126 Å². The molecule has 7 nitrogen and oxygen atoms in total. The average Bonchev–Trinajstić information content (AvgIpc) is 3.12. The van der Waals surface area contributed by atoms with Crippen molar-refractivity contribution in [1.82, 2.24) is 0 Å². The van der Waals surface area contributed by atoms with Gasteiger partial charge in [-0.25, -0.2) is 4.79 Å². The normalized spacial score (nSPS) is 13.8. The quantitative estimate of drug-likeness (QED) is 0.0955. The van der Waals surface area contributed by atoms with Gasteiger partial charge in [0.15, 0.2) is 5.78 Å². The summed E-state index contributed by atoms with van der Waals surface area (Å²) in [5.41, 5.74) is 3.18. The molecule has 0 aliphatic heterocycles. The number of carboxylic acids is 1. The second-order valence-corrected chi connectivity index (χ2v) is 12.2. The SMILES string of the molecule is O=C(c1ccccc1)c1ccccc1N[C@@H](Cc1ccc(OCCCN(C(=O)CCC2CCCCC2)c2ccccc2)cc1)C(=O)O. The van der Waals surface area contributed by atoms with Crippen molar-refractivity contribution < 1.29 is 24.2 Å². The number of ketones is 1. The van der Waals surface area contributed by atoms with Crippen molar-refractivity contribution in [2.24, 2.45) is 5.92 Å². The number of carboxylic acid groups (broad SMARTS) is 1. The van der Waals surface area contributed by atoms with Crippen molar-refractivity contribution in [2.45, 2.75) is 63.8 Å². The first kappa shape index (κ1) is 33.5. The highest BCUT2D eigenvalue weighted by Crippen LogP contribution is 2.28. The number of amides is 1. The van der Waals surface area contributed by atoms with Crippen LogP contribution in [0.3, 0.4) is 0 Å². The van der Waals surface area contributed by atoms with E-state index in [-0.39, 0.29) is 18.1 Å². The van der Waals surface area contributed by atoms with Gasteiger partial charge in [0.1, 0.15) is 11.8 Å². The number of nitrogens with zero attached hydrogens (tertiary/aromatic N) is 1. The van der Waals surface area contributed by atoms with Crippen LogP contribution < -0.4 is 15.0 Å². The summed E-state index contributed by atoms with van der Waals surface area (Å²) >= 11 is 0. The van der Waals surface area contributed by atoms with E-state index in [2.05, 4.69) is 5.32 Å². The van der Waals surface area contributed by atoms with Gasteiger partial charge >= 0.3 is 5.97 Å². The third-order valence-corrected chi connectivity index (χ3v) is 8.85. The van der Waals surface area contributed by atoms with Gasteiger partial charge in [0.25, 0.3) is 0 Å². The molecule has 0 bridgehead atoms. The fourth-order valence-electron chi connectivity index (χ4n) is 6.25. The topological polar surface area (TPSA) is 95.9 Å². The molecule has 4 aromatic carbocycles. The van der Waals surface area contributed by atoms with E-state index in [1.165, 1.54) is 32.1 Å². The van der Waals surface area contributed by atoms with E-state index in [0.29, 0.717) is 54.5 Å². The van der Waals surface area contributed by atoms with E-state index in [1.54, 1.807) is 48.5 Å². The lowest BCUT2D eigenvalue weighted by Gasteiger charge is -2.25. The summed E-state index contributed by atoms with van der Waals surface area (Å²) in [4.78, 5) is 40.5. The molecular formula is C40H44N2O5. The lowest BCUT2D eigenvalue weighted by atomic mass is 9.86. The second kappa shape index (κ2) is 17.1. The summed E-state index contributed by atoms with van der Waals surface area (Å²) in [5.74, 6) is 0.332. The zero-order valence-corrected chi connectivity index (χ0v) is 26.9. The predicted molar refractivity (Wildman–Crippen MR) is 186 cm³/mol. The maximum absolute atomic E-state index is 13.3. The number of aliphatic carboxylic acids is 1. The Bertz CT molecular complexity index is 1580. The number of rotatable bonds is 16. The Morgan fingerprint density at radius 2 is 1.47 bits per heavy atom. The van der Waals surface area contributed by atoms with Crippen LogP contribution in [0.15, 0.2) is 109 Å². The van der Waals surface area contributed by atoms with Gasteiger partial charge in [-0.2, -0.15) is 0 Å². The summed E-state index contributed by atoms with van der Waals surface area (Å²) in [6.07, 6.45) is 8.79. The van der Waals surface area contributed by atoms with Crippen LogP contribution in [0, 0.1) is 5.92 Å². The van der Waals surface area contributed by atoms with Crippen LogP contribution in [0.1, 0.15) is 72.9 Å². The van der Waals surface area contributed by atoms with Crippen molar-refractivity contribution in [1.29, 1.82) is 0 Å². The average molecular weight is 633 g/mol. The number of carbonyl (C=O) groups is 3. The summed E-state index contributed by atoms with van der Waals surface area (Å²) in [5, 5.41) is 13.1. The van der Waals surface area contributed by atoms with Gasteiger partial charge in [-0.1, -0.05) is 105 Å². The minimum atomic E-state index is -1.01. The van der Waals surface area contributed by atoms with Crippen LogP contribution in [-0.2, 0) is 16.0 Å². The third-order valence-electron chi connectivity index (χ3n) is 8.85. The molecule has 47 heavy (non-hydrogen) atoms. The fraction of sp³-hybridized carbons (Fsp3) is 0.325. The zero-order valence-electron chi connectivity index (χ0n) is 26.9. The van der Waals surface area contributed by atoms with Crippen LogP contribution in [0.4, 0.5) is 11.4 Å². The molecule has 0 unspecified atom stereocenters. The van der Waals surface area contributed by atoms with Crippen LogP contribution in [-0.4, -0.2) is 42.0 Å². The first-order valence-corrected chi connectivity index (χ1v) is 16.7. The van der Waals surface area contributed by atoms with E-state index in [0.717, 1.165) is 17.7 Å². The summed E-state index contributed by atoms with van der Waals surface area (Å²) in [6.45, 7) is 1.02. The Labute approximate surface area is 277 Å². The highest BCUT2D eigenvalue weighted by molar-refractivity contribution is 6.12. The van der Waals surface area contributed by atoms with Gasteiger partial charge in [-0.3, -0.25) is 9.59 Å². The predicted octanol–water partition coefficient (Wildman–Crippen LogP) is 8.19. The summed E-state index contributed by atoms with van der Waals surface area (Å²) < 4.78 is 6.01. The first-order chi connectivity index (χ1) is 23.0.